The van der Waals surface area contributed by atoms with Crippen LogP contribution in [0.5, 0.6) is 0 Å². The average molecular weight is 327 g/mol. The highest BCUT2D eigenvalue weighted by atomic mass is 35.5. The first-order valence-electron chi connectivity index (χ1n) is 6.44. The molecule has 0 saturated heterocycles. The monoisotopic (exact) mass is 326 g/mol. The van der Waals surface area contributed by atoms with Crippen molar-refractivity contribution in [2.75, 3.05) is 13.1 Å². The Morgan fingerprint density at radius 2 is 2.24 bits per heavy atom. The van der Waals surface area contributed by atoms with Crippen molar-refractivity contribution in [2.24, 2.45) is 5.92 Å². The van der Waals surface area contributed by atoms with E-state index in [1.54, 1.807) is 38.2 Å². The zero-order chi connectivity index (χ0) is 15.6. The number of nitriles is 1. The molecule has 0 fully saturated rings. The maximum atomic E-state index is 12.8. The molecule has 0 bridgehead atoms. The Balaban J connectivity index is 2.55. The molecule has 2 rings (SSSR count). The molecule has 2 aromatic rings. The van der Waals surface area contributed by atoms with Gasteiger partial charge in [-0.15, -0.1) is 0 Å². The molecule has 0 N–H and O–H groups in total. The molecule has 0 aromatic carbocycles. The lowest BCUT2D eigenvalue weighted by Gasteiger charge is -2.21. The highest BCUT2D eigenvalue weighted by Crippen LogP contribution is 2.26. The predicted octanol–water partition coefficient (Wildman–Crippen LogP) is 2.16. The van der Waals surface area contributed by atoms with Gasteiger partial charge in [-0.25, -0.2) is 13.4 Å². The zero-order valence-electron chi connectivity index (χ0n) is 11.7. The molecule has 112 valence electrons. The standard InChI is InChI=1S/C13H15ClN4O2S/c1-3-17(9-10(2)8-15)21(19,20)13-12(14)16-11-6-4-5-7-18(11)13/h4-7,10H,3,9H2,1-2H3. The molecule has 0 radical (unpaired) electrons. The second-order valence-corrected chi connectivity index (χ2v) is 6.83. The van der Waals surface area contributed by atoms with Crippen molar-refractivity contribution >= 4 is 27.3 Å². The summed E-state index contributed by atoms with van der Waals surface area (Å²) in [5.41, 5.74) is 0.463. The molecule has 2 aromatic heterocycles. The van der Waals surface area contributed by atoms with Crippen molar-refractivity contribution in [3.63, 3.8) is 0 Å². The summed E-state index contributed by atoms with van der Waals surface area (Å²) in [5, 5.41) is 8.76. The third-order valence-electron chi connectivity index (χ3n) is 3.08. The number of aromatic nitrogens is 2. The van der Waals surface area contributed by atoms with Crippen molar-refractivity contribution in [2.45, 2.75) is 18.9 Å². The maximum absolute atomic E-state index is 12.8. The normalized spacial score (nSPS) is 13.5. The van der Waals surface area contributed by atoms with Gasteiger partial charge in [-0.1, -0.05) is 24.6 Å². The molecule has 2 heterocycles. The van der Waals surface area contributed by atoms with Gasteiger partial charge in [-0.05, 0) is 19.1 Å². The fourth-order valence-corrected chi connectivity index (χ4v) is 4.18. The van der Waals surface area contributed by atoms with Crippen LogP contribution in [-0.4, -0.2) is 35.2 Å². The van der Waals surface area contributed by atoms with Crippen LogP contribution in [0.15, 0.2) is 29.4 Å². The van der Waals surface area contributed by atoms with Crippen molar-refractivity contribution < 1.29 is 8.42 Å². The van der Waals surface area contributed by atoms with Gasteiger partial charge in [0.25, 0.3) is 10.0 Å². The summed E-state index contributed by atoms with van der Waals surface area (Å²) in [6.07, 6.45) is 1.60. The average Bonchev–Trinajstić information content (AvgIpc) is 2.80. The van der Waals surface area contributed by atoms with E-state index in [1.807, 2.05) is 6.07 Å². The van der Waals surface area contributed by atoms with Gasteiger partial charge < -0.3 is 0 Å². The minimum atomic E-state index is -3.82. The molecular weight excluding hydrogens is 312 g/mol. The molecule has 0 aliphatic carbocycles. The van der Waals surface area contributed by atoms with Crippen LogP contribution in [0.2, 0.25) is 5.15 Å². The van der Waals surface area contributed by atoms with Gasteiger partial charge in [-0.3, -0.25) is 4.40 Å². The van der Waals surface area contributed by atoms with Crippen molar-refractivity contribution in [3.8, 4) is 6.07 Å². The molecule has 0 spiro atoms. The number of fused-ring (bicyclic) bond motifs is 1. The summed E-state index contributed by atoms with van der Waals surface area (Å²) < 4.78 is 28.2. The number of sulfonamides is 1. The summed E-state index contributed by atoms with van der Waals surface area (Å²) in [7, 11) is -3.82. The summed E-state index contributed by atoms with van der Waals surface area (Å²) in [4.78, 5) is 4.05. The van der Waals surface area contributed by atoms with Gasteiger partial charge in [0.2, 0.25) is 0 Å². The Labute approximate surface area is 128 Å². The first-order valence-corrected chi connectivity index (χ1v) is 8.26. The van der Waals surface area contributed by atoms with Crippen LogP contribution in [0.1, 0.15) is 13.8 Å². The van der Waals surface area contributed by atoms with E-state index in [0.717, 1.165) is 0 Å². The number of rotatable bonds is 5. The van der Waals surface area contributed by atoms with Crippen molar-refractivity contribution in [1.82, 2.24) is 13.7 Å². The Hall–Kier alpha value is -1.62. The van der Waals surface area contributed by atoms with E-state index in [-0.39, 0.29) is 23.3 Å². The van der Waals surface area contributed by atoms with Crippen LogP contribution in [-0.2, 0) is 10.0 Å². The first-order chi connectivity index (χ1) is 9.91. The highest BCUT2D eigenvalue weighted by molar-refractivity contribution is 7.89. The Bertz CT molecular complexity index is 794. The summed E-state index contributed by atoms with van der Waals surface area (Å²) in [5.74, 6) is -0.405. The van der Waals surface area contributed by atoms with E-state index in [9.17, 15) is 8.42 Å². The van der Waals surface area contributed by atoms with Crippen LogP contribution in [0.3, 0.4) is 0 Å². The molecule has 21 heavy (non-hydrogen) atoms. The summed E-state index contributed by atoms with van der Waals surface area (Å²) in [6, 6.07) is 7.18. The van der Waals surface area contributed by atoms with Crippen LogP contribution in [0.4, 0.5) is 0 Å². The molecule has 0 aliphatic heterocycles. The van der Waals surface area contributed by atoms with Gasteiger partial charge in [0, 0.05) is 19.3 Å². The van der Waals surface area contributed by atoms with E-state index in [4.69, 9.17) is 16.9 Å². The quantitative estimate of drug-likeness (QED) is 0.843. The largest absolute Gasteiger partial charge is 0.288 e. The van der Waals surface area contributed by atoms with Crippen LogP contribution >= 0.6 is 11.6 Å². The number of hydrogen-bond donors (Lipinski definition) is 0. The molecule has 6 nitrogen and oxygen atoms in total. The molecule has 8 heteroatoms. The molecule has 0 aliphatic rings. The highest BCUT2D eigenvalue weighted by Gasteiger charge is 2.31. The van der Waals surface area contributed by atoms with Crippen molar-refractivity contribution in [3.05, 3.63) is 29.5 Å². The molecule has 0 saturated carbocycles. The lowest BCUT2D eigenvalue weighted by atomic mass is 10.2. The lowest BCUT2D eigenvalue weighted by molar-refractivity contribution is 0.397. The van der Waals surface area contributed by atoms with E-state index in [2.05, 4.69) is 4.98 Å². The smallest absolute Gasteiger partial charge is 0.262 e. The first kappa shape index (κ1) is 15.8. The Kier molecular flexibility index (Phi) is 4.52. The third kappa shape index (κ3) is 2.88. The predicted molar refractivity (Wildman–Crippen MR) is 79.4 cm³/mol. The van der Waals surface area contributed by atoms with Crippen LogP contribution in [0.25, 0.3) is 5.65 Å². The minimum Gasteiger partial charge on any atom is -0.288 e. The summed E-state index contributed by atoms with van der Waals surface area (Å²) in [6.45, 7) is 3.77. The number of nitrogens with zero attached hydrogens (tertiary/aromatic N) is 4. The van der Waals surface area contributed by atoms with Gasteiger partial charge in [0.1, 0.15) is 5.65 Å². The fourth-order valence-electron chi connectivity index (χ4n) is 2.04. The van der Waals surface area contributed by atoms with Gasteiger partial charge in [0.05, 0.1) is 12.0 Å². The van der Waals surface area contributed by atoms with Crippen molar-refractivity contribution in [1.29, 1.82) is 5.26 Å². The van der Waals surface area contributed by atoms with E-state index < -0.39 is 15.9 Å². The Morgan fingerprint density at radius 1 is 1.52 bits per heavy atom. The van der Waals surface area contributed by atoms with Gasteiger partial charge in [0.15, 0.2) is 10.2 Å². The SMILES string of the molecule is CCN(CC(C)C#N)S(=O)(=O)c1c(Cl)nc2ccccn12. The van der Waals surface area contributed by atoms with Crippen LogP contribution in [0, 0.1) is 17.2 Å². The maximum Gasteiger partial charge on any atom is 0.262 e. The minimum absolute atomic E-state index is 0.0632. The van der Waals surface area contributed by atoms with E-state index in [1.165, 1.54) is 8.71 Å². The second-order valence-electron chi connectivity index (χ2n) is 4.62. The Morgan fingerprint density at radius 3 is 2.86 bits per heavy atom. The zero-order valence-corrected chi connectivity index (χ0v) is 13.3. The van der Waals surface area contributed by atoms with Gasteiger partial charge >= 0.3 is 0 Å². The lowest BCUT2D eigenvalue weighted by Crippen LogP contribution is -2.35. The summed E-state index contributed by atoms with van der Waals surface area (Å²) >= 11 is 6.02. The fraction of sp³-hybridized carbons (Fsp3) is 0.385. The number of pyridine rings is 1. The van der Waals surface area contributed by atoms with Gasteiger partial charge in [-0.2, -0.15) is 9.57 Å². The number of imidazole rings is 1. The number of halogens is 1. The topological polar surface area (TPSA) is 78.5 Å². The molecule has 0 amide bonds. The molecule has 1 unspecified atom stereocenters. The van der Waals surface area contributed by atoms with E-state index in [0.29, 0.717) is 5.65 Å². The van der Waals surface area contributed by atoms with E-state index >= 15 is 0 Å². The second kappa shape index (κ2) is 6.02. The molecular formula is C13H15ClN4O2S. The van der Waals surface area contributed by atoms with Crippen LogP contribution < -0.4 is 0 Å². The third-order valence-corrected chi connectivity index (χ3v) is 5.42. The molecule has 1 atom stereocenters. The number of hydrogen-bond acceptors (Lipinski definition) is 4.